The third kappa shape index (κ3) is 2.37. The molecule has 2 rings (SSSR count). The summed E-state index contributed by atoms with van der Waals surface area (Å²) >= 11 is 0. The van der Waals surface area contributed by atoms with Crippen molar-refractivity contribution in [2.24, 2.45) is 23.7 Å². The summed E-state index contributed by atoms with van der Waals surface area (Å²) in [6.07, 6.45) is 10.8. The lowest BCUT2D eigenvalue weighted by atomic mass is 9.82. The van der Waals surface area contributed by atoms with Gasteiger partial charge in [-0.1, -0.05) is 25.0 Å². The predicted molar refractivity (Wildman–Crippen MR) is 71.1 cm³/mol. The molecule has 0 saturated heterocycles. The number of carbonyl (C=O) groups excluding carboxylic acids is 1. The lowest BCUT2D eigenvalue weighted by molar-refractivity contribution is -0.150. The summed E-state index contributed by atoms with van der Waals surface area (Å²) in [5.41, 5.74) is 0. The quantitative estimate of drug-likeness (QED) is 0.601. The van der Waals surface area contributed by atoms with Gasteiger partial charge in [-0.3, -0.25) is 9.59 Å². The molecule has 102 valence electrons. The molecule has 4 atom stereocenters. The fraction of sp³-hybridized carbons (Fsp3) is 0.600. The van der Waals surface area contributed by atoms with Crippen molar-refractivity contribution in [3.8, 4) is 12.3 Å². The molecule has 0 aromatic rings. The molecule has 4 unspecified atom stereocenters. The third-order valence-electron chi connectivity index (χ3n) is 4.12. The first-order valence-corrected chi connectivity index (χ1v) is 6.73. The Labute approximate surface area is 113 Å². The van der Waals surface area contributed by atoms with Crippen molar-refractivity contribution in [1.29, 1.82) is 0 Å². The first kappa shape index (κ1) is 13.7. The molecule has 1 N–H and O–H groups in total. The second kappa shape index (κ2) is 5.48. The van der Waals surface area contributed by atoms with E-state index in [2.05, 4.69) is 5.92 Å². The van der Waals surface area contributed by atoms with E-state index in [9.17, 15) is 14.7 Å². The highest BCUT2D eigenvalue weighted by Gasteiger charge is 2.52. The van der Waals surface area contributed by atoms with E-state index in [1.54, 1.807) is 4.90 Å². The first-order valence-electron chi connectivity index (χ1n) is 6.73. The number of carboxylic acids is 1. The molecule has 4 heteroatoms. The van der Waals surface area contributed by atoms with Gasteiger partial charge in [0.2, 0.25) is 5.91 Å². The van der Waals surface area contributed by atoms with Crippen LogP contribution in [-0.4, -0.2) is 35.0 Å². The minimum atomic E-state index is -0.868. The smallest absolute Gasteiger partial charge is 0.307 e. The molecule has 2 bridgehead atoms. The molecule has 0 aliphatic heterocycles. The molecule has 1 saturated carbocycles. The lowest BCUT2D eigenvalue weighted by Gasteiger charge is -2.29. The number of carboxylic acid groups (broad SMARTS) is 1. The molecule has 1 amide bonds. The Kier molecular flexibility index (Phi) is 3.94. The van der Waals surface area contributed by atoms with Gasteiger partial charge in [0.25, 0.3) is 0 Å². The summed E-state index contributed by atoms with van der Waals surface area (Å²) in [7, 11) is 0. The Balaban J connectivity index is 2.19. The van der Waals surface area contributed by atoms with Gasteiger partial charge in [-0.05, 0) is 24.7 Å². The van der Waals surface area contributed by atoms with Gasteiger partial charge in [0, 0.05) is 6.54 Å². The summed E-state index contributed by atoms with van der Waals surface area (Å²) in [4.78, 5) is 25.6. The van der Waals surface area contributed by atoms with Crippen LogP contribution in [-0.2, 0) is 9.59 Å². The normalized spacial score (nSPS) is 31.2. The molecule has 19 heavy (non-hydrogen) atoms. The number of allylic oxidation sites excluding steroid dienone is 2. The number of aliphatic carboxylic acids is 1. The SMILES string of the molecule is C#CCN(CCC)C(=O)C1C2C=CC(C2)C1C(=O)O. The molecule has 2 aliphatic carbocycles. The van der Waals surface area contributed by atoms with Crippen molar-refractivity contribution in [3.05, 3.63) is 12.2 Å². The van der Waals surface area contributed by atoms with Gasteiger partial charge in [0.15, 0.2) is 0 Å². The zero-order valence-corrected chi connectivity index (χ0v) is 11.1. The summed E-state index contributed by atoms with van der Waals surface area (Å²) in [6.45, 7) is 2.83. The van der Waals surface area contributed by atoms with Crippen molar-refractivity contribution >= 4 is 11.9 Å². The Morgan fingerprint density at radius 2 is 2.00 bits per heavy atom. The van der Waals surface area contributed by atoms with Crippen molar-refractivity contribution in [2.75, 3.05) is 13.1 Å². The van der Waals surface area contributed by atoms with Crippen LogP contribution in [0.4, 0.5) is 0 Å². The van der Waals surface area contributed by atoms with Gasteiger partial charge < -0.3 is 10.0 Å². The fourth-order valence-corrected chi connectivity index (χ4v) is 3.35. The number of fused-ring (bicyclic) bond motifs is 2. The maximum atomic E-state index is 12.6. The fourth-order valence-electron chi connectivity index (χ4n) is 3.35. The molecule has 0 aromatic heterocycles. The average Bonchev–Trinajstić information content (AvgIpc) is 2.97. The van der Waals surface area contributed by atoms with Crippen LogP contribution in [0.5, 0.6) is 0 Å². The summed E-state index contributed by atoms with van der Waals surface area (Å²) in [5, 5.41) is 9.35. The van der Waals surface area contributed by atoms with E-state index in [0.717, 1.165) is 12.8 Å². The number of amides is 1. The Bertz CT molecular complexity index is 449. The molecule has 4 nitrogen and oxygen atoms in total. The number of hydrogen-bond acceptors (Lipinski definition) is 2. The number of terminal acetylenes is 1. The highest BCUT2D eigenvalue weighted by Crippen LogP contribution is 2.48. The van der Waals surface area contributed by atoms with Gasteiger partial charge in [0.1, 0.15) is 0 Å². The van der Waals surface area contributed by atoms with E-state index in [1.807, 2.05) is 19.1 Å². The van der Waals surface area contributed by atoms with E-state index in [-0.39, 0.29) is 24.3 Å². The van der Waals surface area contributed by atoms with E-state index >= 15 is 0 Å². The van der Waals surface area contributed by atoms with Crippen LogP contribution in [0.2, 0.25) is 0 Å². The molecule has 2 aliphatic rings. The maximum absolute atomic E-state index is 12.6. The van der Waals surface area contributed by atoms with Crippen molar-refractivity contribution in [3.63, 3.8) is 0 Å². The summed E-state index contributed by atoms with van der Waals surface area (Å²) < 4.78 is 0. The number of rotatable bonds is 5. The zero-order valence-electron chi connectivity index (χ0n) is 11.1. The predicted octanol–water partition coefficient (Wildman–Crippen LogP) is 1.38. The molecule has 0 spiro atoms. The standard InChI is InChI=1S/C15H19NO3/c1-3-7-16(8-4-2)14(17)12-10-5-6-11(9-10)13(12)15(18)19/h1,5-6,10-13H,4,7-9H2,2H3,(H,18,19). The zero-order chi connectivity index (χ0) is 14.0. The molecule has 0 aromatic carbocycles. The minimum Gasteiger partial charge on any atom is -0.481 e. The molecule has 0 radical (unpaired) electrons. The van der Waals surface area contributed by atoms with E-state index in [4.69, 9.17) is 6.42 Å². The monoisotopic (exact) mass is 261 g/mol. The van der Waals surface area contributed by atoms with Crippen molar-refractivity contribution < 1.29 is 14.7 Å². The van der Waals surface area contributed by atoms with E-state index in [0.29, 0.717) is 6.54 Å². The van der Waals surface area contributed by atoms with Gasteiger partial charge >= 0.3 is 5.97 Å². The number of nitrogens with zero attached hydrogens (tertiary/aromatic N) is 1. The number of carbonyl (C=O) groups is 2. The Hall–Kier alpha value is -1.76. The van der Waals surface area contributed by atoms with Crippen LogP contribution in [0.3, 0.4) is 0 Å². The van der Waals surface area contributed by atoms with Gasteiger partial charge in [-0.15, -0.1) is 6.42 Å². The Morgan fingerprint density at radius 3 is 2.53 bits per heavy atom. The van der Waals surface area contributed by atoms with Gasteiger partial charge in [0.05, 0.1) is 18.4 Å². The molecular formula is C15H19NO3. The van der Waals surface area contributed by atoms with E-state index in [1.165, 1.54) is 0 Å². The molecule has 1 fully saturated rings. The third-order valence-corrected chi connectivity index (χ3v) is 4.12. The Morgan fingerprint density at radius 1 is 1.37 bits per heavy atom. The van der Waals surface area contributed by atoms with Crippen LogP contribution in [0.25, 0.3) is 0 Å². The number of hydrogen-bond donors (Lipinski definition) is 1. The largest absolute Gasteiger partial charge is 0.481 e. The van der Waals surface area contributed by atoms with Crippen molar-refractivity contribution in [1.82, 2.24) is 4.90 Å². The maximum Gasteiger partial charge on any atom is 0.307 e. The highest BCUT2D eigenvalue weighted by atomic mass is 16.4. The van der Waals surface area contributed by atoms with Crippen LogP contribution in [0, 0.1) is 36.0 Å². The average molecular weight is 261 g/mol. The van der Waals surface area contributed by atoms with Gasteiger partial charge in [-0.2, -0.15) is 0 Å². The van der Waals surface area contributed by atoms with Crippen LogP contribution in [0.1, 0.15) is 19.8 Å². The lowest BCUT2D eigenvalue weighted by Crippen LogP contribution is -2.43. The van der Waals surface area contributed by atoms with Crippen LogP contribution in [0.15, 0.2) is 12.2 Å². The van der Waals surface area contributed by atoms with Crippen LogP contribution >= 0.6 is 0 Å². The highest BCUT2D eigenvalue weighted by molar-refractivity contribution is 5.87. The summed E-state index contributed by atoms with van der Waals surface area (Å²) in [6, 6.07) is 0. The van der Waals surface area contributed by atoms with Crippen LogP contribution < -0.4 is 0 Å². The molecular weight excluding hydrogens is 242 g/mol. The topological polar surface area (TPSA) is 57.6 Å². The summed E-state index contributed by atoms with van der Waals surface area (Å²) in [5.74, 6) is 0.573. The second-order valence-electron chi connectivity index (χ2n) is 5.30. The van der Waals surface area contributed by atoms with Gasteiger partial charge in [-0.25, -0.2) is 0 Å². The van der Waals surface area contributed by atoms with Crippen molar-refractivity contribution in [2.45, 2.75) is 19.8 Å². The first-order chi connectivity index (χ1) is 9.10. The minimum absolute atomic E-state index is 0.00534. The molecule has 0 heterocycles. The van der Waals surface area contributed by atoms with E-state index < -0.39 is 17.8 Å². The second-order valence-corrected chi connectivity index (χ2v) is 5.30.